The fourth-order valence-corrected chi connectivity index (χ4v) is 4.35. The van der Waals surface area contributed by atoms with Gasteiger partial charge in [-0.25, -0.2) is 18.4 Å². The molecular weight excluding hydrogens is 478 g/mol. The minimum Gasteiger partial charge on any atom is -0.858 e. The molecule has 1 aliphatic heterocycles. The summed E-state index contributed by atoms with van der Waals surface area (Å²) in [5, 5.41) is 18.3. The summed E-state index contributed by atoms with van der Waals surface area (Å²) in [6, 6.07) is 13.8. The molecule has 0 atom stereocenters. The maximum Gasteiger partial charge on any atom is 0.331 e. The van der Waals surface area contributed by atoms with Gasteiger partial charge in [-0.05, 0) is 73.3 Å². The lowest BCUT2D eigenvalue weighted by molar-refractivity contribution is -0.577. The van der Waals surface area contributed by atoms with Crippen molar-refractivity contribution in [3.63, 3.8) is 0 Å². The van der Waals surface area contributed by atoms with Crippen LogP contribution in [0.4, 0.5) is 14.5 Å². The zero-order valence-electron chi connectivity index (χ0n) is 20.3. The Balaban J connectivity index is 1.79. The first-order chi connectivity index (χ1) is 17.7. The molecule has 0 aliphatic carbocycles. The van der Waals surface area contributed by atoms with Crippen molar-refractivity contribution < 1.29 is 28.0 Å². The number of carbonyl (C=O) groups excluding carboxylic acids is 2. The van der Waals surface area contributed by atoms with Gasteiger partial charge in [0, 0.05) is 17.2 Å². The minimum atomic E-state index is -0.724. The number of nitrogens with zero attached hydrogens (tertiary/aromatic N) is 4. The topological polar surface area (TPSA) is 82.1 Å². The second-order valence-corrected chi connectivity index (χ2v) is 9.04. The molecule has 2 aromatic carbocycles. The molecule has 37 heavy (non-hydrogen) atoms. The van der Waals surface area contributed by atoms with Crippen LogP contribution in [0.25, 0.3) is 17.0 Å². The molecular formula is C28H22F2N4O3. The van der Waals surface area contributed by atoms with Gasteiger partial charge < -0.3 is 5.11 Å². The van der Waals surface area contributed by atoms with E-state index in [4.69, 9.17) is 0 Å². The summed E-state index contributed by atoms with van der Waals surface area (Å²) in [5.74, 6) is -3.28. The van der Waals surface area contributed by atoms with Gasteiger partial charge in [0.05, 0.1) is 17.1 Å². The zero-order valence-corrected chi connectivity index (χ0v) is 20.3. The van der Waals surface area contributed by atoms with Gasteiger partial charge in [0.15, 0.2) is 12.4 Å². The first kappa shape index (κ1) is 24.1. The van der Waals surface area contributed by atoms with Crippen LogP contribution in [0.1, 0.15) is 36.6 Å². The van der Waals surface area contributed by atoms with Gasteiger partial charge in [-0.15, -0.1) is 0 Å². The maximum atomic E-state index is 13.9. The highest BCUT2D eigenvalue weighted by molar-refractivity contribution is 6.53. The third-order valence-electron chi connectivity index (χ3n) is 6.09. The molecule has 186 valence electrons. The average molecular weight is 501 g/mol. The average Bonchev–Trinajstić information content (AvgIpc) is 3.33. The number of aryl methyl sites for hydroxylation is 1. The van der Waals surface area contributed by atoms with E-state index in [9.17, 15) is 23.5 Å². The smallest absolute Gasteiger partial charge is 0.331 e. The number of rotatable bonds is 5. The minimum absolute atomic E-state index is 0.00806. The number of pyridine rings is 1. The first-order valence-corrected chi connectivity index (χ1v) is 11.6. The number of anilines is 1. The molecule has 0 saturated heterocycles. The van der Waals surface area contributed by atoms with Crippen molar-refractivity contribution in [3.8, 4) is 11.6 Å². The molecule has 7 nitrogen and oxygen atoms in total. The molecule has 0 saturated carbocycles. The fourth-order valence-electron chi connectivity index (χ4n) is 4.35. The number of carbonyl (C=O) groups is 2. The van der Waals surface area contributed by atoms with Crippen LogP contribution in [0.3, 0.4) is 0 Å². The molecule has 0 N–H and O–H groups in total. The van der Waals surface area contributed by atoms with E-state index >= 15 is 0 Å². The van der Waals surface area contributed by atoms with Crippen molar-refractivity contribution in [3.05, 3.63) is 102 Å². The standard InChI is InChI=1S/C28H22F2N4O3/c1-16(2)24-22(27(36)34(31-24)21-12-8-19(30)9-13-21)23-25(32-14-4-5-17(3)15-32)28(37)33(26(23)35)20-10-6-18(29)7-11-20/h4-16H,1-3H3. The Bertz CT molecular complexity index is 1570. The molecule has 0 spiro atoms. The molecule has 5 rings (SSSR count). The Morgan fingerprint density at radius 1 is 0.892 bits per heavy atom. The summed E-state index contributed by atoms with van der Waals surface area (Å²) in [4.78, 5) is 28.6. The van der Waals surface area contributed by atoms with Gasteiger partial charge in [-0.2, -0.15) is 9.67 Å². The maximum absolute atomic E-state index is 13.9. The normalized spacial score (nSPS) is 13.8. The van der Waals surface area contributed by atoms with E-state index in [-0.39, 0.29) is 28.4 Å². The van der Waals surface area contributed by atoms with E-state index in [1.165, 1.54) is 41.0 Å². The Morgan fingerprint density at radius 3 is 2.05 bits per heavy atom. The van der Waals surface area contributed by atoms with Gasteiger partial charge in [0.1, 0.15) is 17.2 Å². The highest BCUT2D eigenvalue weighted by Crippen LogP contribution is 2.40. The molecule has 2 aromatic heterocycles. The summed E-state index contributed by atoms with van der Waals surface area (Å²) in [6.45, 7) is 5.47. The predicted molar refractivity (Wildman–Crippen MR) is 130 cm³/mol. The van der Waals surface area contributed by atoms with Gasteiger partial charge >= 0.3 is 5.91 Å². The van der Waals surface area contributed by atoms with Crippen LogP contribution in [0.15, 0.2) is 73.1 Å². The van der Waals surface area contributed by atoms with Crippen molar-refractivity contribution in [2.75, 3.05) is 4.90 Å². The fraction of sp³-hybridized carbons (Fsp3) is 0.143. The van der Waals surface area contributed by atoms with E-state index in [0.29, 0.717) is 11.4 Å². The SMILES string of the molecule is Cc1ccc[n+](C2=C(c3c(C(C)C)nn(-c4ccc(F)cc4)c3[O-])C(=O)N(c3ccc(F)cc3)C2=O)c1. The highest BCUT2D eigenvalue weighted by atomic mass is 19.1. The van der Waals surface area contributed by atoms with Crippen LogP contribution in [-0.4, -0.2) is 21.6 Å². The third kappa shape index (κ3) is 4.08. The lowest BCUT2D eigenvalue weighted by Gasteiger charge is -2.16. The molecule has 2 amide bonds. The van der Waals surface area contributed by atoms with Crippen LogP contribution in [0.5, 0.6) is 5.88 Å². The Hall–Kier alpha value is -4.66. The second kappa shape index (κ2) is 9.09. The molecule has 0 fully saturated rings. The number of amides is 2. The molecule has 0 unspecified atom stereocenters. The summed E-state index contributed by atoms with van der Waals surface area (Å²) >= 11 is 0. The van der Waals surface area contributed by atoms with E-state index < -0.39 is 29.3 Å². The van der Waals surface area contributed by atoms with E-state index in [1.54, 1.807) is 18.5 Å². The zero-order chi connectivity index (χ0) is 26.4. The monoisotopic (exact) mass is 500 g/mol. The quantitative estimate of drug-likeness (QED) is 0.308. The van der Waals surface area contributed by atoms with Crippen LogP contribution >= 0.6 is 0 Å². The first-order valence-electron chi connectivity index (χ1n) is 11.6. The molecule has 3 heterocycles. The van der Waals surface area contributed by atoms with Crippen molar-refractivity contribution in [2.24, 2.45) is 0 Å². The summed E-state index contributed by atoms with van der Waals surface area (Å²) in [6.07, 6.45) is 3.30. The van der Waals surface area contributed by atoms with Crippen molar-refractivity contribution in [1.82, 2.24) is 9.78 Å². The Labute approximate surface area is 211 Å². The molecule has 0 bridgehead atoms. The third-order valence-corrected chi connectivity index (χ3v) is 6.09. The largest absolute Gasteiger partial charge is 0.858 e. The van der Waals surface area contributed by atoms with Crippen molar-refractivity contribution >= 4 is 28.8 Å². The van der Waals surface area contributed by atoms with E-state index in [2.05, 4.69) is 5.10 Å². The van der Waals surface area contributed by atoms with Gasteiger partial charge in [0.2, 0.25) is 0 Å². The molecule has 1 aliphatic rings. The predicted octanol–water partition coefficient (Wildman–Crippen LogP) is 3.89. The number of hydrogen-bond acceptors (Lipinski definition) is 4. The number of imide groups is 1. The van der Waals surface area contributed by atoms with Gasteiger partial charge in [-0.1, -0.05) is 13.8 Å². The van der Waals surface area contributed by atoms with Gasteiger partial charge in [0.25, 0.3) is 11.6 Å². The van der Waals surface area contributed by atoms with Crippen LogP contribution in [-0.2, 0) is 9.59 Å². The molecule has 4 aromatic rings. The molecule has 9 heteroatoms. The molecule has 0 radical (unpaired) electrons. The number of aromatic nitrogens is 3. The number of benzene rings is 2. The summed E-state index contributed by atoms with van der Waals surface area (Å²) in [5.41, 5.74) is 1.49. The summed E-state index contributed by atoms with van der Waals surface area (Å²) in [7, 11) is 0. The van der Waals surface area contributed by atoms with Crippen LogP contribution in [0.2, 0.25) is 0 Å². The highest BCUT2D eigenvalue weighted by Gasteiger charge is 2.47. The van der Waals surface area contributed by atoms with Crippen LogP contribution < -0.4 is 14.6 Å². The lowest BCUT2D eigenvalue weighted by atomic mass is 9.98. The Kier molecular flexibility index (Phi) is 5.91. The summed E-state index contributed by atoms with van der Waals surface area (Å²) < 4.78 is 29.7. The van der Waals surface area contributed by atoms with Crippen molar-refractivity contribution in [1.29, 1.82) is 0 Å². The van der Waals surface area contributed by atoms with E-state index in [0.717, 1.165) is 27.3 Å². The van der Waals surface area contributed by atoms with E-state index in [1.807, 2.05) is 26.8 Å². The van der Waals surface area contributed by atoms with Gasteiger partial charge in [-0.3, -0.25) is 9.59 Å². The number of hydrogen-bond donors (Lipinski definition) is 0. The second-order valence-electron chi connectivity index (χ2n) is 9.04. The lowest BCUT2D eigenvalue weighted by Crippen LogP contribution is -2.39. The van der Waals surface area contributed by atoms with Crippen LogP contribution in [0, 0.1) is 18.6 Å². The number of halogens is 2. The van der Waals surface area contributed by atoms with Crippen molar-refractivity contribution in [2.45, 2.75) is 26.7 Å². The Morgan fingerprint density at radius 2 is 1.49 bits per heavy atom.